The maximum atomic E-state index is 14.8. The second-order valence-electron chi connectivity index (χ2n) is 22.2. The van der Waals surface area contributed by atoms with Crippen LogP contribution in [0.5, 0.6) is 0 Å². The van der Waals surface area contributed by atoms with E-state index in [2.05, 4.69) is 67.5 Å². The van der Waals surface area contributed by atoms with Gasteiger partial charge in [-0.15, -0.1) is 11.3 Å². The number of unbranched alkanes of at least 4 members (excludes halogenated alkanes) is 2. The van der Waals surface area contributed by atoms with E-state index in [9.17, 15) is 28.7 Å². The van der Waals surface area contributed by atoms with Crippen molar-refractivity contribution in [2.24, 2.45) is 5.41 Å². The molecule has 5 aliphatic rings. The molecule has 1 spiro atoms. The molecule has 5 heterocycles. The largest absolute Gasteiger partial charge is 0.391 e. The second kappa shape index (κ2) is 19.8. The number of β-amino-alcohol motifs (C(OH)–C–C–N with tert-alkyl or cyclic N) is 1. The van der Waals surface area contributed by atoms with Gasteiger partial charge in [0.15, 0.2) is 5.67 Å². The minimum Gasteiger partial charge on any atom is -0.391 e. The van der Waals surface area contributed by atoms with Crippen LogP contribution < -0.4 is 16.2 Å². The average Bonchev–Trinajstić information content (AvgIpc) is 3.64. The van der Waals surface area contributed by atoms with Gasteiger partial charge in [-0.3, -0.25) is 23.7 Å². The molecule has 3 N–H and O–H groups in total. The number of carbonyl (C=O) groups is 3. The number of rotatable bonds is 14. The van der Waals surface area contributed by atoms with Gasteiger partial charge in [-0.1, -0.05) is 107 Å². The molecule has 5 aromatic rings. The summed E-state index contributed by atoms with van der Waals surface area (Å²) in [5.41, 5.74) is 6.21. The maximum absolute atomic E-state index is 14.8. The molecule has 4 atom stereocenters. The Morgan fingerprint density at radius 2 is 1.70 bits per heavy atom. The van der Waals surface area contributed by atoms with E-state index < -0.39 is 41.1 Å². The summed E-state index contributed by atoms with van der Waals surface area (Å²) in [7, 11) is 0. The lowest BCUT2D eigenvalue weighted by atomic mass is 9.69. The Balaban J connectivity index is 0.780. The Morgan fingerprint density at radius 1 is 0.958 bits per heavy atom. The Labute approximate surface area is 424 Å². The highest BCUT2D eigenvalue weighted by Gasteiger charge is 2.54. The molecule has 2 aromatic heterocycles. The lowest BCUT2D eigenvalue weighted by molar-refractivity contribution is -0.145. The van der Waals surface area contributed by atoms with Crippen LogP contribution in [0.25, 0.3) is 27.0 Å². The molecular weight excluding hydrogens is 937 g/mol. The van der Waals surface area contributed by atoms with Crippen LogP contribution in [-0.2, 0) is 19.8 Å². The molecule has 0 radical (unpaired) electrons. The van der Waals surface area contributed by atoms with Gasteiger partial charge in [-0.25, -0.2) is 9.37 Å². The Hall–Kier alpha value is -5.02. The molecule has 376 valence electrons. The zero-order valence-corrected chi connectivity index (χ0v) is 43.0. The van der Waals surface area contributed by atoms with Gasteiger partial charge in [0, 0.05) is 13.0 Å². The van der Waals surface area contributed by atoms with Gasteiger partial charge in [0.1, 0.15) is 17.9 Å². The highest BCUT2D eigenvalue weighted by molar-refractivity contribution is 7.13. The van der Waals surface area contributed by atoms with Crippen LogP contribution in [0.1, 0.15) is 151 Å². The lowest BCUT2D eigenvalue weighted by Gasteiger charge is -2.36. The molecule has 71 heavy (non-hydrogen) atoms. The Kier molecular flexibility index (Phi) is 13.8. The smallest absolute Gasteiger partial charge is 0.282 e. The number of piperidine rings is 1. The lowest BCUT2D eigenvalue weighted by Crippen LogP contribution is -2.59. The summed E-state index contributed by atoms with van der Waals surface area (Å²) in [5, 5.41) is 17.7. The molecule has 2 saturated carbocycles. The number of aromatic nitrogens is 3. The number of aliphatic hydroxyl groups excluding tert-OH is 1. The van der Waals surface area contributed by atoms with Crippen LogP contribution in [0.3, 0.4) is 0 Å². The summed E-state index contributed by atoms with van der Waals surface area (Å²) in [6, 6.07) is 18.6. The molecule has 15 heteroatoms. The summed E-state index contributed by atoms with van der Waals surface area (Å²) in [6.07, 6.45) is 10.5. The van der Waals surface area contributed by atoms with Crippen LogP contribution in [0.2, 0.25) is 5.02 Å². The van der Waals surface area contributed by atoms with Gasteiger partial charge < -0.3 is 25.5 Å². The molecule has 1 unspecified atom stereocenters. The molecule has 4 fully saturated rings. The number of aliphatic hydroxyl groups is 1. The number of fused-ring (bicyclic) bond motifs is 7. The Bertz CT molecular complexity index is 2880. The van der Waals surface area contributed by atoms with E-state index in [-0.39, 0.29) is 48.7 Å². The zero-order chi connectivity index (χ0) is 49.8. The molecule has 3 aromatic carbocycles. The molecular formula is C56H67ClFN7O5S. The number of carbonyl (C=O) groups excluding carboxylic acids is 3. The topological polar surface area (TPSA) is 150 Å². The molecule has 12 nitrogen and oxygen atoms in total. The van der Waals surface area contributed by atoms with E-state index in [1.807, 2.05) is 24.6 Å². The van der Waals surface area contributed by atoms with Crippen LogP contribution in [-0.4, -0.2) is 97.2 Å². The number of hydrogen-bond donors (Lipinski definition) is 3. The first-order valence-corrected chi connectivity index (χ1v) is 27.2. The molecule has 2 saturated heterocycles. The fourth-order valence-corrected chi connectivity index (χ4v) is 13.1. The van der Waals surface area contributed by atoms with E-state index in [4.69, 9.17) is 16.6 Å². The third kappa shape index (κ3) is 9.70. The van der Waals surface area contributed by atoms with Crippen molar-refractivity contribution in [3.8, 4) is 16.1 Å². The normalized spacial score (nSPS) is 21.5. The number of thiazole rings is 1. The summed E-state index contributed by atoms with van der Waals surface area (Å²) >= 11 is 8.18. The van der Waals surface area contributed by atoms with Crippen molar-refractivity contribution in [3.05, 3.63) is 110 Å². The molecule has 3 aliphatic heterocycles. The summed E-state index contributed by atoms with van der Waals surface area (Å²) in [6.45, 7) is 10.4. The van der Waals surface area contributed by atoms with Crippen molar-refractivity contribution < 1.29 is 23.9 Å². The van der Waals surface area contributed by atoms with E-state index in [0.29, 0.717) is 22.7 Å². The van der Waals surface area contributed by atoms with Crippen LogP contribution in [0.4, 0.5) is 4.39 Å². The van der Waals surface area contributed by atoms with Crippen LogP contribution in [0, 0.1) is 12.3 Å². The van der Waals surface area contributed by atoms with Gasteiger partial charge in [-0.2, -0.15) is 4.98 Å². The highest BCUT2D eigenvalue weighted by Crippen LogP contribution is 2.52. The minimum atomic E-state index is -1.96. The van der Waals surface area contributed by atoms with E-state index >= 15 is 0 Å². The van der Waals surface area contributed by atoms with E-state index in [1.54, 1.807) is 38.2 Å². The van der Waals surface area contributed by atoms with Gasteiger partial charge in [-0.05, 0) is 130 Å². The minimum absolute atomic E-state index is 0.0530. The van der Waals surface area contributed by atoms with Crippen molar-refractivity contribution in [2.45, 2.75) is 159 Å². The summed E-state index contributed by atoms with van der Waals surface area (Å²) in [5.74, 6) is -0.340. The van der Waals surface area contributed by atoms with Gasteiger partial charge in [0.05, 0.1) is 55.3 Å². The molecule has 10 rings (SSSR count). The number of hydrogen-bond acceptors (Lipinski definition) is 9. The second-order valence-corrected chi connectivity index (χ2v) is 23.4. The van der Waals surface area contributed by atoms with Crippen molar-refractivity contribution in [1.29, 1.82) is 0 Å². The number of nitrogens with zero attached hydrogens (tertiary/aromatic N) is 5. The molecule has 3 amide bonds. The Morgan fingerprint density at radius 3 is 2.39 bits per heavy atom. The zero-order valence-electron chi connectivity index (χ0n) is 41.4. The summed E-state index contributed by atoms with van der Waals surface area (Å²) in [4.78, 5) is 69.1. The first-order chi connectivity index (χ1) is 34.0. The predicted molar refractivity (Wildman–Crippen MR) is 277 cm³/mol. The number of halogens is 2. The quantitative estimate of drug-likeness (QED) is 0.0932. The first kappa shape index (κ1) is 49.6. The SMILES string of the molecule is Cc1ncsc1-c1ccc([C@H](CCCCCN2CCC(c3ccc4c(c3)C3(CCCCC3)c3nc(=O)c5c(Cl)cccc5n3-4)CC2)NC(=O)[C@@H]2CC(O)CN2C(=O)[C@@H](NC(=O)C2(F)CC2)C(C)(C)C)cc1. The van der Waals surface area contributed by atoms with Crippen LogP contribution >= 0.6 is 22.9 Å². The van der Waals surface area contributed by atoms with Gasteiger partial charge >= 0.3 is 0 Å². The molecule has 2 aliphatic carbocycles. The third-order valence-electron chi connectivity index (χ3n) is 16.3. The number of benzene rings is 3. The number of nitrogens with one attached hydrogen (secondary N) is 2. The summed E-state index contributed by atoms with van der Waals surface area (Å²) < 4.78 is 17.0. The number of aryl methyl sites for hydroxylation is 1. The van der Waals surface area contributed by atoms with E-state index in [0.717, 1.165) is 116 Å². The predicted octanol–water partition coefficient (Wildman–Crippen LogP) is 9.63. The van der Waals surface area contributed by atoms with Gasteiger partial charge in [0.25, 0.3) is 11.5 Å². The van der Waals surface area contributed by atoms with E-state index in [1.165, 1.54) is 22.4 Å². The fourth-order valence-electron chi connectivity index (χ4n) is 12.1. The average molecular weight is 1000 g/mol. The number of amides is 3. The third-order valence-corrected chi connectivity index (χ3v) is 17.6. The maximum Gasteiger partial charge on any atom is 0.282 e. The number of likely N-dealkylation sites (tertiary alicyclic amines) is 2. The molecule has 0 bridgehead atoms. The van der Waals surface area contributed by atoms with Gasteiger partial charge in [0.2, 0.25) is 11.8 Å². The van der Waals surface area contributed by atoms with Crippen molar-refractivity contribution in [1.82, 2.24) is 35.0 Å². The fraction of sp³-hybridized carbons (Fsp3) is 0.536. The highest BCUT2D eigenvalue weighted by atomic mass is 35.5. The van der Waals surface area contributed by atoms with Crippen molar-refractivity contribution in [2.75, 3.05) is 26.2 Å². The number of alkyl halides is 1. The first-order valence-electron chi connectivity index (χ1n) is 25.9. The van der Waals surface area contributed by atoms with Crippen LogP contribution in [0.15, 0.2) is 71.0 Å². The monoisotopic (exact) mass is 1000 g/mol. The standard InChI is InChI=1S/C56H67ClFN7O5S/c1-34-47(71-33-59-34)37-17-15-36(16-18-37)42(60-49(67)45-31-39(66)32-64(45)51(69)48(54(2,3)4)61-53(70)56(58)25-26-56)13-7-5-10-27-63-28-21-35(22-29-63)38-19-20-43-40(30-38)55(23-8-6-9-24-55)52-62-50(68)46-41(57)12-11-14-44(46)65(43)52/h11-12,14-20,30,33,35,39,42,45,48,66H,5-10,13,21-29,31-32H2,1-4H3,(H,60,67)(H,61,70)/t39?,42-,45-,48+/m0/s1. The van der Waals surface area contributed by atoms with Crippen molar-refractivity contribution >= 4 is 51.6 Å². The van der Waals surface area contributed by atoms with Crippen molar-refractivity contribution in [3.63, 3.8) is 0 Å².